The van der Waals surface area contributed by atoms with Crippen molar-refractivity contribution in [3.63, 3.8) is 0 Å². The second-order valence-corrected chi connectivity index (χ2v) is 23.1. The predicted molar refractivity (Wildman–Crippen MR) is 254 cm³/mol. The molecule has 0 aliphatic rings. The molecule has 0 aliphatic carbocycles. The van der Waals surface area contributed by atoms with E-state index in [1.54, 1.807) is 0 Å². The van der Waals surface area contributed by atoms with Crippen molar-refractivity contribution in [2.75, 3.05) is 0 Å². The van der Waals surface area contributed by atoms with Gasteiger partial charge in [0, 0.05) is 18.5 Å². The summed E-state index contributed by atoms with van der Waals surface area (Å²) in [4.78, 5) is 5.26. The molecule has 0 unspecified atom stereocenters. The largest absolute Gasteiger partial charge is 3.00 e. The summed E-state index contributed by atoms with van der Waals surface area (Å²) in [7, 11) is -1.20. The summed E-state index contributed by atoms with van der Waals surface area (Å²) in [6.45, 7) is 16.2. The van der Waals surface area contributed by atoms with Gasteiger partial charge in [0.1, 0.15) is 0 Å². The molecule has 0 N–H and O–H groups in total. The van der Waals surface area contributed by atoms with Crippen molar-refractivity contribution in [3.05, 3.63) is 175 Å². The normalized spacial score (nSPS) is 11.8. The minimum Gasteiger partial charge on any atom is -0.333 e. The van der Waals surface area contributed by atoms with E-state index in [9.17, 15) is 0 Å². The minimum atomic E-state index is -1.20. The summed E-state index contributed by atoms with van der Waals surface area (Å²) < 4.78 is 4.95. The zero-order valence-electron chi connectivity index (χ0n) is 34.6. The number of fused-ring (bicyclic) bond motifs is 7. The number of aromatic nitrogens is 2. The molecule has 0 aliphatic heterocycles. The molecule has 2 heterocycles. The number of benzene rings is 8. The fourth-order valence-electron chi connectivity index (χ4n) is 8.17. The molecule has 0 atom stereocenters. The molecule has 10 aromatic rings. The quantitative estimate of drug-likeness (QED) is 0.0922. The number of nitrogens with zero attached hydrogens (tertiary/aromatic N) is 2. The van der Waals surface area contributed by atoms with Crippen LogP contribution in [-0.2, 0) is 20.1 Å². The van der Waals surface area contributed by atoms with Crippen molar-refractivity contribution in [1.82, 2.24) is 9.55 Å². The Bertz CT molecular complexity index is 3070. The van der Waals surface area contributed by atoms with Crippen molar-refractivity contribution in [2.24, 2.45) is 0 Å². The molecule has 59 heavy (non-hydrogen) atoms. The van der Waals surface area contributed by atoms with E-state index < -0.39 is 8.07 Å². The summed E-state index contributed by atoms with van der Waals surface area (Å²) in [5.41, 5.74) is 9.33. The first-order valence-corrected chi connectivity index (χ1v) is 24.7. The minimum absolute atomic E-state index is 0. The standard InChI is InChI=1S/C39H31N2S.C15H16Si.Ir/c1-23(2)28-12-9-13-29(24(3)4)38(28)41-35-15-8-7-14-34(35)40-39(41)27-18-19-36-32(20-27)33-22-31-26(21-37(33)42-36)17-16-25-10-5-6-11-30(25)31;1-16(2,3)15-11-9-14(10-12-15)13-7-5-4-6-8-13;/h5-17,19-24H,1-4H3;4-7,9,11-12H,1-3H3;/q-1;-2;+3. The molecule has 292 valence electrons. The third-order valence-corrected chi connectivity index (χ3v) is 14.5. The number of para-hydroxylation sites is 3. The zero-order valence-corrected chi connectivity index (χ0v) is 38.9. The van der Waals surface area contributed by atoms with Gasteiger partial charge < -0.3 is 4.57 Å². The molecule has 10 rings (SSSR count). The Hall–Kier alpha value is -5.16. The van der Waals surface area contributed by atoms with Crippen molar-refractivity contribution in [2.45, 2.75) is 59.2 Å². The first-order valence-electron chi connectivity index (χ1n) is 20.3. The van der Waals surface area contributed by atoms with Crippen LogP contribution >= 0.6 is 11.3 Å². The molecular weight excluding hydrogens is 929 g/mol. The summed E-state index contributed by atoms with van der Waals surface area (Å²) in [5, 5.41) is 9.16. The van der Waals surface area contributed by atoms with Crippen LogP contribution in [0.2, 0.25) is 19.6 Å². The number of thiophene rings is 1. The van der Waals surface area contributed by atoms with Crippen molar-refractivity contribution in [3.8, 4) is 28.2 Å². The maximum atomic E-state index is 5.26. The Labute approximate surface area is 366 Å². The van der Waals surface area contributed by atoms with Gasteiger partial charge in [0.2, 0.25) is 0 Å². The number of imidazole rings is 1. The van der Waals surface area contributed by atoms with Crippen molar-refractivity contribution >= 4 is 77.3 Å². The maximum absolute atomic E-state index is 5.26. The summed E-state index contributed by atoms with van der Waals surface area (Å²) in [6.07, 6.45) is 0. The van der Waals surface area contributed by atoms with Gasteiger partial charge in [-0.1, -0.05) is 119 Å². The Morgan fingerprint density at radius 2 is 1.24 bits per heavy atom. The van der Waals surface area contributed by atoms with Crippen molar-refractivity contribution in [1.29, 1.82) is 0 Å². The third kappa shape index (κ3) is 7.74. The molecule has 2 aromatic heterocycles. The van der Waals surface area contributed by atoms with E-state index in [2.05, 4.69) is 197 Å². The van der Waals surface area contributed by atoms with Crippen LogP contribution in [0.15, 0.2) is 146 Å². The van der Waals surface area contributed by atoms with E-state index in [-0.39, 0.29) is 20.1 Å². The molecule has 5 heteroatoms. The van der Waals surface area contributed by atoms with Crippen LogP contribution in [-0.4, -0.2) is 17.6 Å². The van der Waals surface area contributed by atoms with Crippen LogP contribution in [0.4, 0.5) is 0 Å². The van der Waals surface area contributed by atoms with E-state index >= 15 is 0 Å². The van der Waals surface area contributed by atoms with Gasteiger partial charge in [-0.3, -0.25) is 4.98 Å². The number of hydrogen-bond donors (Lipinski definition) is 0. The molecule has 0 fully saturated rings. The van der Waals surface area contributed by atoms with Gasteiger partial charge in [0.05, 0.1) is 16.9 Å². The predicted octanol–water partition coefficient (Wildman–Crippen LogP) is 14.9. The fraction of sp³-hybridized carbons (Fsp3) is 0.167. The van der Waals surface area contributed by atoms with E-state index in [1.807, 2.05) is 29.5 Å². The number of rotatable bonds is 6. The Balaban J connectivity index is 0.000000240. The molecule has 2 nitrogen and oxygen atoms in total. The van der Waals surface area contributed by atoms with Crippen LogP contribution in [0.3, 0.4) is 0 Å². The van der Waals surface area contributed by atoms with Gasteiger partial charge in [-0.2, -0.15) is 59.9 Å². The average molecular weight is 976 g/mol. The Kier molecular flexibility index (Phi) is 11.3. The van der Waals surface area contributed by atoms with Crippen LogP contribution in [0.1, 0.15) is 50.7 Å². The Morgan fingerprint density at radius 3 is 1.95 bits per heavy atom. The van der Waals surface area contributed by atoms with Gasteiger partial charge in [0.25, 0.3) is 0 Å². The van der Waals surface area contributed by atoms with Gasteiger partial charge in [0.15, 0.2) is 0 Å². The fourth-order valence-corrected chi connectivity index (χ4v) is 10.4. The molecule has 0 bridgehead atoms. The van der Waals surface area contributed by atoms with E-state index in [4.69, 9.17) is 4.98 Å². The SMILES string of the molecule is CC(C)c1cccc(C(C)C)c1-n1c(-c2[c-]cc3sc4cc5ccc6ccccc6c5cc4c3c2)nc2ccccc21.C[Si](C)(C)c1c[c-]c(-c2[c-]cccc2)cc1.[Ir+3]. The number of hydrogen-bond acceptors (Lipinski definition) is 2. The summed E-state index contributed by atoms with van der Waals surface area (Å²) in [5.74, 6) is 1.70. The van der Waals surface area contributed by atoms with Crippen LogP contribution in [0, 0.1) is 18.2 Å². The molecule has 0 radical (unpaired) electrons. The van der Waals surface area contributed by atoms with Gasteiger partial charge in [-0.25, -0.2) is 11.1 Å². The second kappa shape index (κ2) is 16.5. The molecule has 0 saturated heterocycles. The average Bonchev–Trinajstić information content (AvgIpc) is 3.80. The van der Waals surface area contributed by atoms with Crippen LogP contribution in [0.5, 0.6) is 0 Å². The molecule has 0 saturated carbocycles. The van der Waals surface area contributed by atoms with Gasteiger partial charge in [-0.15, -0.1) is 35.0 Å². The summed E-state index contributed by atoms with van der Waals surface area (Å²) in [6, 6.07) is 62.5. The third-order valence-electron chi connectivity index (χ3n) is 11.3. The zero-order chi connectivity index (χ0) is 40.1. The van der Waals surface area contributed by atoms with E-state index in [1.165, 1.54) is 63.7 Å². The van der Waals surface area contributed by atoms with Crippen LogP contribution in [0.25, 0.3) is 81.0 Å². The van der Waals surface area contributed by atoms with Gasteiger partial charge >= 0.3 is 20.1 Å². The monoisotopic (exact) mass is 976 g/mol. The molecular formula is C54H47IrN2SSi. The van der Waals surface area contributed by atoms with E-state index in [0.717, 1.165) is 33.5 Å². The molecule has 8 aromatic carbocycles. The summed E-state index contributed by atoms with van der Waals surface area (Å²) >= 11 is 1.85. The maximum Gasteiger partial charge on any atom is 3.00 e. The Morgan fingerprint density at radius 1 is 0.559 bits per heavy atom. The topological polar surface area (TPSA) is 17.8 Å². The molecule has 0 spiro atoms. The van der Waals surface area contributed by atoms with Crippen molar-refractivity contribution < 1.29 is 20.1 Å². The van der Waals surface area contributed by atoms with Gasteiger partial charge in [-0.05, 0) is 78.9 Å². The second-order valence-electron chi connectivity index (χ2n) is 17.0. The molecule has 0 amide bonds. The first kappa shape index (κ1) is 40.6. The van der Waals surface area contributed by atoms with E-state index in [0.29, 0.717) is 11.8 Å². The first-order chi connectivity index (χ1) is 28.0. The smallest absolute Gasteiger partial charge is 0.333 e. The van der Waals surface area contributed by atoms with Crippen LogP contribution < -0.4 is 5.19 Å².